The van der Waals surface area contributed by atoms with Crippen LogP contribution in [0.3, 0.4) is 0 Å². The Morgan fingerprint density at radius 1 is 1.00 bits per heavy atom. The van der Waals surface area contributed by atoms with Crippen molar-refractivity contribution in [3.05, 3.63) is 62.6 Å². The van der Waals surface area contributed by atoms with E-state index in [4.69, 9.17) is 39.5 Å². The molecular formula is C16H16Cl3NO. The van der Waals surface area contributed by atoms with Crippen molar-refractivity contribution in [2.75, 3.05) is 6.54 Å². The maximum Gasteiger partial charge on any atom is 0.125 e. The number of rotatable bonds is 6. The normalized spacial score (nSPS) is 10.7. The summed E-state index contributed by atoms with van der Waals surface area (Å²) < 4.78 is 5.87. The van der Waals surface area contributed by atoms with E-state index >= 15 is 0 Å². The first-order chi connectivity index (χ1) is 10.1. The van der Waals surface area contributed by atoms with E-state index in [1.165, 1.54) is 0 Å². The van der Waals surface area contributed by atoms with Gasteiger partial charge >= 0.3 is 0 Å². The monoisotopic (exact) mass is 343 g/mol. The van der Waals surface area contributed by atoms with Crippen molar-refractivity contribution in [3.63, 3.8) is 0 Å². The van der Waals surface area contributed by atoms with Gasteiger partial charge in [-0.25, -0.2) is 0 Å². The summed E-state index contributed by atoms with van der Waals surface area (Å²) in [5.41, 5.74) is 1.92. The fourth-order valence-electron chi connectivity index (χ4n) is 1.89. The summed E-state index contributed by atoms with van der Waals surface area (Å²) in [6.45, 7) is 4.01. The van der Waals surface area contributed by atoms with Gasteiger partial charge < -0.3 is 10.1 Å². The predicted octanol–water partition coefficient (Wildman–Crippen LogP) is 5.34. The molecule has 0 heterocycles. The van der Waals surface area contributed by atoms with E-state index in [-0.39, 0.29) is 0 Å². The molecular weight excluding hydrogens is 329 g/mol. The van der Waals surface area contributed by atoms with Crippen LogP contribution >= 0.6 is 34.8 Å². The zero-order valence-corrected chi connectivity index (χ0v) is 13.9. The third-order valence-electron chi connectivity index (χ3n) is 3.01. The molecule has 2 aromatic carbocycles. The van der Waals surface area contributed by atoms with Crippen LogP contribution in [0.25, 0.3) is 0 Å². The average Bonchev–Trinajstić information content (AvgIpc) is 2.47. The number of halogens is 3. The molecule has 0 fully saturated rings. The molecule has 2 nitrogen and oxygen atoms in total. The Kier molecular flexibility index (Phi) is 6.19. The molecule has 2 aromatic rings. The summed E-state index contributed by atoms with van der Waals surface area (Å²) in [6.07, 6.45) is 0. The molecule has 0 aliphatic rings. The zero-order chi connectivity index (χ0) is 15.2. The van der Waals surface area contributed by atoms with Gasteiger partial charge in [0.2, 0.25) is 0 Å². The van der Waals surface area contributed by atoms with Crippen molar-refractivity contribution < 1.29 is 4.74 Å². The van der Waals surface area contributed by atoms with Crippen LogP contribution in [-0.2, 0) is 13.2 Å². The highest BCUT2D eigenvalue weighted by atomic mass is 35.5. The smallest absolute Gasteiger partial charge is 0.125 e. The van der Waals surface area contributed by atoms with Gasteiger partial charge in [-0.3, -0.25) is 0 Å². The number of nitrogens with one attached hydrogen (secondary N) is 1. The van der Waals surface area contributed by atoms with Crippen LogP contribution in [0.5, 0.6) is 5.75 Å². The number of ether oxygens (including phenoxy) is 1. The van der Waals surface area contributed by atoms with Gasteiger partial charge in [-0.2, -0.15) is 0 Å². The van der Waals surface area contributed by atoms with Crippen molar-refractivity contribution in [3.8, 4) is 5.75 Å². The van der Waals surface area contributed by atoms with Crippen LogP contribution in [0.1, 0.15) is 18.1 Å². The maximum atomic E-state index is 6.23. The Balaban J connectivity index is 2.12. The summed E-state index contributed by atoms with van der Waals surface area (Å²) in [4.78, 5) is 0. The van der Waals surface area contributed by atoms with Crippen molar-refractivity contribution in [2.24, 2.45) is 0 Å². The van der Waals surface area contributed by atoms with E-state index in [0.717, 1.165) is 23.4 Å². The number of hydrogen-bond donors (Lipinski definition) is 1. The van der Waals surface area contributed by atoms with Gasteiger partial charge in [0.25, 0.3) is 0 Å². The summed E-state index contributed by atoms with van der Waals surface area (Å²) >= 11 is 18.1. The standard InChI is InChI=1S/C16H16Cl3NO/c1-2-20-9-12-13(17)4-3-5-16(12)21-10-11-6-7-14(18)15(19)8-11/h3-8,20H,2,9-10H2,1H3. The van der Waals surface area contributed by atoms with Crippen LogP contribution in [0.15, 0.2) is 36.4 Å². The van der Waals surface area contributed by atoms with Gasteiger partial charge in [-0.05, 0) is 36.4 Å². The van der Waals surface area contributed by atoms with Crippen molar-refractivity contribution in [1.29, 1.82) is 0 Å². The maximum absolute atomic E-state index is 6.23. The molecule has 0 atom stereocenters. The lowest BCUT2D eigenvalue weighted by atomic mass is 10.2. The Labute approximate surface area is 140 Å². The minimum atomic E-state index is 0.413. The molecule has 0 aliphatic carbocycles. The second-order valence-electron chi connectivity index (χ2n) is 4.53. The Morgan fingerprint density at radius 3 is 2.52 bits per heavy atom. The third kappa shape index (κ3) is 4.52. The summed E-state index contributed by atoms with van der Waals surface area (Å²) in [7, 11) is 0. The number of hydrogen-bond acceptors (Lipinski definition) is 2. The first-order valence-electron chi connectivity index (χ1n) is 6.66. The van der Waals surface area contributed by atoms with Gasteiger partial charge in [0.05, 0.1) is 10.0 Å². The van der Waals surface area contributed by atoms with Crippen LogP contribution in [0, 0.1) is 0 Å². The van der Waals surface area contributed by atoms with Gasteiger partial charge in [0.15, 0.2) is 0 Å². The van der Waals surface area contributed by atoms with E-state index in [9.17, 15) is 0 Å². The van der Waals surface area contributed by atoms with Crippen LogP contribution in [0.4, 0.5) is 0 Å². The van der Waals surface area contributed by atoms with E-state index in [1.807, 2.05) is 31.2 Å². The topological polar surface area (TPSA) is 21.3 Å². The van der Waals surface area contributed by atoms with Crippen LogP contribution < -0.4 is 10.1 Å². The Morgan fingerprint density at radius 2 is 1.81 bits per heavy atom. The van der Waals surface area contributed by atoms with Gasteiger partial charge in [-0.15, -0.1) is 0 Å². The zero-order valence-electron chi connectivity index (χ0n) is 11.6. The lowest BCUT2D eigenvalue weighted by molar-refractivity contribution is 0.302. The molecule has 21 heavy (non-hydrogen) atoms. The van der Waals surface area contributed by atoms with E-state index < -0.39 is 0 Å². The van der Waals surface area contributed by atoms with Crippen LogP contribution in [0.2, 0.25) is 15.1 Å². The SMILES string of the molecule is CCNCc1c(Cl)cccc1OCc1ccc(Cl)c(Cl)c1. The minimum absolute atomic E-state index is 0.413. The van der Waals surface area contributed by atoms with Crippen LogP contribution in [-0.4, -0.2) is 6.54 Å². The lowest BCUT2D eigenvalue weighted by Gasteiger charge is -2.13. The lowest BCUT2D eigenvalue weighted by Crippen LogP contribution is -2.13. The third-order valence-corrected chi connectivity index (χ3v) is 4.10. The number of benzene rings is 2. The fraction of sp³-hybridized carbons (Fsp3) is 0.250. The van der Waals surface area contributed by atoms with Gasteiger partial charge in [0.1, 0.15) is 12.4 Å². The largest absolute Gasteiger partial charge is 0.489 e. The Bertz CT molecular complexity index is 616. The summed E-state index contributed by atoms with van der Waals surface area (Å²) in [5.74, 6) is 0.773. The highest BCUT2D eigenvalue weighted by molar-refractivity contribution is 6.42. The summed E-state index contributed by atoms with van der Waals surface area (Å²) in [5, 5.41) is 5.02. The molecule has 112 valence electrons. The molecule has 5 heteroatoms. The fourth-order valence-corrected chi connectivity index (χ4v) is 2.44. The summed E-state index contributed by atoms with van der Waals surface area (Å²) in [6, 6.07) is 11.1. The molecule has 0 amide bonds. The quantitative estimate of drug-likeness (QED) is 0.764. The molecule has 0 bridgehead atoms. The predicted molar refractivity (Wildman–Crippen MR) is 89.6 cm³/mol. The first-order valence-corrected chi connectivity index (χ1v) is 7.80. The molecule has 0 radical (unpaired) electrons. The van der Waals surface area contributed by atoms with E-state index in [2.05, 4.69) is 5.32 Å². The first kappa shape index (κ1) is 16.4. The van der Waals surface area contributed by atoms with Gasteiger partial charge in [-0.1, -0.05) is 53.9 Å². The molecule has 0 aromatic heterocycles. The molecule has 0 spiro atoms. The van der Waals surface area contributed by atoms with Crippen molar-refractivity contribution >= 4 is 34.8 Å². The molecule has 0 aliphatic heterocycles. The second-order valence-corrected chi connectivity index (χ2v) is 5.76. The highest BCUT2D eigenvalue weighted by Gasteiger charge is 2.08. The van der Waals surface area contributed by atoms with Crippen molar-refractivity contribution in [2.45, 2.75) is 20.1 Å². The molecule has 0 saturated carbocycles. The molecule has 1 N–H and O–H groups in total. The average molecular weight is 345 g/mol. The minimum Gasteiger partial charge on any atom is -0.489 e. The molecule has 0 unspecified atom stereocenters. The van der Waals surface area contributed by atoms with E-state index in [1.54, 1.807) is 12.1 Å². The second kappa shape index (κ2) is 7.90. The van der Waals surface area contributed by atoms with Crippen molar-refractivity contribution in [1.82, 2.24) is 5.32 Å². The van der Waals surface area contributed by atoms with E-state index in [0.29, 0.717) is 28.2 Å². The van der Waals surface area contributed by atoms with Gasteiger partial charge in [0, 0.05) is 17.1 Å². The molecule has 0 saturated heterocycles. The molecule has 2 rings (SSSR count). The highest BCUT2D eigenvalue weighted by Crippen LogP contribution is 2.28. The Hall–Kier alpha value is -0.930.